The number of carbonyl (C=O) groups excluding carboxylic acids is 1. The van der Waals surface area contributed by atoms with E-state index in [0.29, 0.717) is 5.88 Å². The fourth-order valence-corrected chi connectivity index (χ4v) is 1.36. The Morgan fingerprint density at radius 1 is 1.32 bits per heavy atom. The molecule has 6 heteroatoms. The number of carbonyl (C=O) groups is 2. The highest BCUT2D eigenvalue weighted by atomic mass is 16.5. The number of likely N-dealkylation sites (N-methyl/N-ethyl adjacent to an activating group) is 1. The third-order valence-corrected chi connectivity index (χ3v) is 2.56. The minimum absolute atomic E-state index is 0.0477. The molecule has 19 heavy (non-hydrogen) atoms. The highest BCUT2D eigenvalue weighted by Crippen LogP contribution is 2.12. The molecular weight excluding hydrogens is 248 g/mol. The molecule has 1 aromatic heterocycles. The van der Waals surface area contributed by atoms with Gasteiger partial charge in [0.05, 0.1) is 6.10 Å². The van der Waals surface area contributed by atoms with Crippen molar-refractivity contribution in [1.29, 1.82) is 0 Å². The number of ether oxygens (including phenoxy) is 1. The molecule has 1 N–H and O–H groups in total. The van der Waals surface area contributed by atoms with Gasteiger partial charge in [-0.3, -0.25) is 4.79 Å². The predicted octanol–water partition coefficient (Wildman–Crippen LogP) is 1.41. The van der Waals surface area contributed by atoms with E-state index >= 15 is 0 Å². The number of aromatic nitrogens is 1. The van der Waals surface area contributed by atoms with Crippen molar-refractivity contribution in [2.45, 2.75) is 32.9 Å². The van der Waals surface area contributed by atoms with Crippen LogP contribution < -0.4 is 4.74 Å². The van der Waals surface area contributed by atoms with Crippen LogP contribution in [0.15, 0.2) is 18.2 Å². The van der Waals surface area contributed by atoms with Gasteiger partial charge in [0.25, 0.3) is 5.91 Å². The molecule has 1 unspecified atom stereocenters. The van der Waals surface area contributed by atoms with Gasteiger partial charge in [0.2, 0.25) is 5.88 Å². The molecule has 104 valence electrons. The first kappa shape index (κ1) is 14.9. The summed E-state index contributed by atoms with van der Waals surface area (Å²) in [6, 6.07) is 3.92. The van der Waals surface area contributed by atoms with E-state index in [9.17, 15) is 9.59 Å². The zero-order valence-electron chi connectivity index (χ0n) is 11.5. The van der Waals surface area contributed by atoms with Gasteiger partial charge < -0.3 is 14.7 Å². The summed E-state index contributed by atoms with van der Waals surface area (Å²) in [4.78, 5) is 28.1. The van der Waals surface area contributed by atoms with E-state index in [-0.39, 0.29) is 11.8 Å². The van der Waals surface area contributed by atoms with Crippen molar-refractivity contribution in [3.63, 3.8) is 0 Å². The van der Waals surface area contributed by atoms with Crippen LogP contribution in [0.25, 0.3) is 0 Å². The van der Waals surface area contributed by atoms with Crippen LogP contribution in [0.3, 0.4) is 0 Å². The fourth-order valence-electron chi connectivity index (χ4n) is 1.36. The van der Waals surface area contributed by atoms with Crippen LogP contribution >= 0.6 is 0 Å². The Bertz CT molecular complexity index is 473. The van der Waals surface area contributed by atoms with E-state index in [1.54, 1.807) is 12.1 Å². The van der Waals surface area contributed by atoms with Crippen molar-refractivity contribution in [3.05, 3.63) is 23.9 Å². The molecular formula is C13H18N2O4. The van der Waals surface area contributed by atoms with Gasteiger partial charge in [-0.25, -0.2) is 9.78 Å². The van der Waals surface area contributed by atoms with Crippen LogP contribution in [0, 0.1) is 0 Å². The smallest absolute Gasteiger partial charge is 0.326 e. The van der Waals surface area contributed by atoms with Crippen LogP contribution in [0.2, 0.25) is 0 Å². The number of nitrogens with zero attached hydrogens (tertiary/aromatic N) is 2. The maximum absolute atomic E-state index is 12.1. The predicted molar refractivity (Wildman–Crippen MR) is 69.2 cm³/mol. The maximum atomic E-state index is 12.1. The molecule has 1 amide bonds. The summed E-state index contributed by atoms with van der Waals surface area (Å²) >= 11 is 0. The third kappa shape index (κ3) is 3.94. The van der Waals surface area contributed by atoms with Crippen molar-refractivity contribution < 1.29 is 19.4 Å². The summed E-state index contributed by atoms with van der Waals surface area (Å²) in [5.41, 5.74) is 0.161. The lowest BCUT2D eigenvalue weighted by Gasteiger charge is -2.21. The van der Waals surface area contributed by atoms with Gasteiger partial charge in [0.1, 0.15) is 11.7 Å². The van der Waals surface area contributed by atoms with Crippen LogP contribution in [0.5, 0.6) is 5.88 Å². The average Bonchev–Trinajstić information content (AvgIpc) is 2.35. The number of rotatable bonds is 5. The zero-order valence-corrected chi connectivity index (χ0v) is 11.5. The molecule has 0 aliphatic carbocycles. The molecule has 0 radical (unpaired) electrons. The van der Waals surface area contributed by atoms with Crippen LogP contribution in [-0.4, -0.2) is 46.1 Å². The van der Waals surface area contributed by atoms with Crippen LogP contribution in [-0.2, 0) is 4.79 Å². The minimum Gasteiger partial charge on any atom is -0.480 e. The molecule has 1 heterocycles. The Morgan fingerprint density at radius 2 is 1.95 bits per heavy atom. The zero-order chi connectivity index (χ0) is 14.6. The minimum atomic E-state index is -1.06. The Kier molecular flexibility index (Phi) is 4.86. The lowest BCUT2D eigenvalue weighted by molar-refractivity contribution is -0.141. The average molecular weight is 266 g/mol. The summed E-state index contributed by atoms with van der Waals surface area (Å²) in [5, 5.41) is 8.88. The number of carboxylic acids is 1. The van der Waals surface area contributed by atoms with Gasteiger partial charge in [-0.15, -0.1) is 0 Å². The van der Waals surface area contributed by atoms with Crippen molar-refractivity contribution in [3.8, 4) is 5.88 Å². The Balaban J connectivity index is 2.90. The number of carboxylic acid groups (broad SMARTS) is 1. The molecule has 1 aromatic rings. The van der Waals surface area contributed by atoms with E-state index in [2.05, 4.69) is 4.98 Å². The van der Waals surface area contributed by atoms with Crippen molar-refractivity contribution in [2.24, 2.45) is 0 Å². The largest absolute Gasteiger partial charge is 0.480 e. The second kappa shape index (κ2) is 6.17. The maximum Gasteiger partial charge on any atom is 0.326 e. The molecule has 6 nitrogen and oxygen atoms in total. The normalized spacial score (nSPS) is 12.1. The van der Waals surface area contributed by atoms with Gasteiger partial charge in [-0.2, -0.15) is 0 Å². The summed E-state index contributed by atoms with van der Waals surface area (Å²) in [6.45, 7) is 5.15. The quantitative estimate of drug-likeness (QED) is 0.871. The Labute approximate surface area is 112 Å². The first-order valence-corrected chi connectivity index (χ1v) is 5.96. The van der Waals surface area contributed by atoms with Gasteiger partial charge in [0.15, 0.2) is 0 Å². The lowest BCUT2D eigenvalue weighted by atomic mass is 10.2. The van der Waals surface area contributed by atoms with Crippen molar-refractivity contribution in [1.82, 2.24) is 9.88 Å². The first-order chi connectivity index (χ1) is 8.82. The third-order valence-electron chi connectivity index (χ3n) is 2.56. The molecule has 0 aliphatic heterocycles. The second-order valence-corrected chi connectivity index (χ2v) is 4.46. The summed E-state index contributed by atoms with van der Waals surface area (Å²) < 4.78 is 5.39. The number of pyridine rings is 1. The van der Waals surface area contributed by atoms with E-state index in [1.165, 1.54) is 20.0 Å². The Hall–Kier alpha value is -2.11. The van der Waals surface area contributed by atoms with Gasteiger partial charge >= 0.3 is 5.97 Å². The molecule has 0 spiro atoms. The molecule has 0 aromatic carbocycles. The summed E-state index contributed by atoms with van der Waals surface area (Å²) in [7, 11) is 1.43. The highest BCUT2D eigenvalue weighted by Gasteiger charge is 2.23. The lowest BCUT2D eigenvalue weighted by Crippen LogP contribution is -2.40. The number of aliphatic carboxylic acids is 1. The van der Waals surface area contributed by atoms with Gasteiger partial charge in [0, 0.05) is 13.1 Å². The van der Waals surface area contributed by atoms with Gasteiger partial charge in [-0.1, -0.05) is 6.07 Å². The fraction of sp³-hybridized carbons (Fsp3) is 0.462. The molecule has 1 rings (SSSR count). The molecule has 0 bridgehead atoms. The van der Waals surface area contributed by atoms with Crippen LogP contribution in [0.1, 0.15) is 31.3 Å². The SMILES string of the molecule is CC(C)Oc1cccc(C(=O)N(C)C(C)C(=O)O)n1. The summed E-state index contributed by atoms with van der Waals surface area (Å²) in [5.74, 6) is -1.17. The molecule has 0 saturated carbocycles. The van der Waals surface area contributed by atoms with E-state index in [1.807, 2.05) is 13.8 Å². The number of amides is 1. The Morgan fingerprint density at radius 3 is 2.47 bits per heavy atom. The molecule has 1 atom stereocenters. The standard InChI is InChI=1S/C13H18N2O4/c1-8(2)19-11-7-5-6-10(14-11)12(16)15(4)9(3)13(17)18/h5-9H,1-4H3,(H,17,18). The monoisotopic (exact) mass is 266 g/mol. The van der Waals surface area contributed by atoms with Crippen molar-refractivity contribution in [2.75, 3.05) is 7.05 Å². The number of hydrogen-bond donors (Lipinski definition) is 1. The van der Waals surface area contributed by atoms with Gasteiger partial charge in [-0.05, 0) is 26.8 Å². The second-order valence-electron chi connectivity index (χ2n) is 4.46. The highest BCUT2D eigenvalue weighted by molar-refractivity contribution is 5.94. The molecule has 0 aliphatic rings. The molecule has 0 fully saturated rings. The van der Waals surface area contributed by atoms with E-state index in [0.717, 1.165) is 4.90 Å². The van der Waals surface area contributed by atoms with E-state index in [4.69, 9.17) is 9.84 Å². The number of hydrogen-bond acceptors (Lipinski definition) is 4. The van der Waals surface area contributed by atoms with E-state index < -0.39 is 17.9 Å². The molecule has 0 saturated heterocycles. The first-order valence-electron chi connectivity index (χ1n) is 5.96. The van der Waals surface area contributed by atoms with Crippen LogP contribution in [0.4, 0.5) is 0 Å². The summed E-state index contributed by atoms with van der Waals surface area (Å²) in [6.07, 6.45) is -0.0477. The van der Waals surface area contributed by atoms with Crippen molar-refractivity contribution >= 4 is 11.9 Å². The topological polar surface area (TPSA) is 79.7 Å².